The second-order valence-electron chi connectivity index (χ2n) is 4.31. The molecular weight excluding hydrogens is 236 g/mol. The summed E-state index contributed by atoms with van der Waals surface area (Å²) in [6.45, 7) is 4.06. The molecule has 2 aromatic rings. The predicted octanol–water partition coefficient (Wildman–Crippen LogP) is 0.288. The van der Waals surface area contributed by atoms with E-state index in [4.69, 9.17) is 5.11 Å². The lowest BCUT2D eigenvalue weighted by Gasteiger charge is -2.16. The second kappa shape index (κ2) is 4.94. The number of rotatable bonds is 5. The summed E-state index contributed by atoms with van der Waals surface area (Å²) in [7, 11) is 0. The summed E-state index contributed by atoms with van der Waals surface area (Å²) in [5.41, 5.74) is 0.541. The van der Waals surface area contributed by atoms with Crippen LogP contribution < -0.4 is 5.32 Å². The normalized spacial score (nSPS) is 12.8. The molecule has 2 rings (SSSR count). The molecule has 0 aliphatic carbocycles. The van der Waals surface area contributed by atoms with Gasteiger partial charge in [-0.3, -0.25) is 4.79 Å². The molecule has 8 heteroatoms. The van der Waals surface area contributed by atoms with E-state index in [0.29, 0.717) is 18.0 Å². The van der Waals surface area contributed by atoms with Gasteiger partial charge in [-0.25, -0.2) is 0 Å². The van der Waals surface area contributed by atoms with E-state index >= 15 is 0 Å². The molecule has 0 bridgehead atoms. The minimum atomic E-state index is -0.819. The lowest BCUT2D eigenvalue weighted by atomic mass is 9.96. The van der Waals surface area contributed by atoms with Gasteiger partial charge in [0, 0.05) is 6.54 Å². The van der Waals surface area contributed by atoms with Crippen LogP contribution >= 0.6 is 0 Å². The van der Waals surface area contributed by atoms with Crippen LogP contribution in [0.15, 0.2) is 12.1 Å². The average molecular weight is 250 g/mol. The third-order valence-electron chi connectivity index (χ3n) is 2.69. The fraction of sp³-hybridized carbons (Fsp3) is 0.500. The molecule has 0 radical (unpaired) electrons. The summed E-state index contributed by atoms with van der Waals surface area (Å²) in [4.78, 5) is 11.0. The molecule has 8 nitrogen and oxygen atoms in total. The largest absolute Gasteiger partial charge is 0.481 e. The van der Waals surface area contributed by atoms with Crippen LogP contribution in [0.1, 0.15) is 13.8 Å². The van der Waals surface area contributed by atoms with Gasteiger partial charge >= 0.3 is 5.97 Å². The van der Waals surface area contributed by atoms with Crippen molar-refractivity contribution in [1.82, 2.24) is 25.3 Å². The van der Waals surface area contributed by atoms with E-state index < -0.39 is 11.9 Å². The number of carbonyl (C=O) groups is 1. The molecule has 0 amide bonds. The van der Waals surface area contributed by atoms with E-state index in [1.54, 1.807) is 12.1 Å². The van der Waals surface area contributed by atoms with Crippen molar-refractivity contribution in [2.45, 2.75) is 13.8 Å². The Morgan fingerprint density at radius 3 is 2.94 bits per heavy atom. The van der Waals surface area contributed by atoms with Crippen molar-refractivity contribution >= 4 is 17.4 Å². The number of anilines is 1. The van der Waals surface area contributed by atoms with Crippen molar-refractivity contribution < 1.29 is 9.90 Å². The molecular formula is C10H14N6O2. The Labute approximate surface area is 103 Å². The smallest absolute Gasteiger partial charge is 0.308 e. The van der Waals surface area contributed by atoms with E-state index in [1.165, 1.54) is 4.63 Å². The van der Waals surface area contributed by atoms with E-state index in [0.717, 1.165) is 0 Å². The van der Waals surface area contributed by atoms with Crippen LogP contribution in [0.4, 0.5) is 5.82 Å². The van der Waals surface area contributed by atoms with Gasteiger partial charge in [0.2, 0.25) is 0 Å². The highest BCUT2D eigenvalue weighted by Gasteiger charge is 2.21. The molecule has 2 N–H and O–H groups in total. The first kappa shape index (κ1) is 12.2. The third kappa shape index (κ3) is 2.53. The summed E-state index contributed by atoms with van der Waals surface area (Å²) in [6.07, 6.45) is 0. The monoisotopic (exact) mass is 250 g/mol. The van der Waals surface area contributed by atoms with Crippen LogP contribution in [0.3, 0.4) is 0 Å². The minimum absolute atomic E-state index is 0.0479. The zero-order chi connectivity index (χ0) is 13.1. The molecule has 0 aliphatic heterocycles. The number of hydrogen-bond donors (Lipinski definition) is 2. The first-order chi connectivity index (χ1) is 8.58. The van der Waals surface area contributed by atoms with Crippen LogP contribution in [0, 0.1) is 11.8 Å². The standard InChI is InChI=1S/C10H14N6O2/c1-6(2)7(10(17)18)5-11-8-3-4-9-12-14-15-16(9)13-8/h3-4,6-7H,5H2,1-2H3,(H,11,13)(H,17,18). The van der Waals surface area contributed by atoms with E-state index in [9.17, 15) is 4.79 Å². The van der Waals surface area contributed by atoms with Crippen molar-refractivity contribution in [2.75, 3.05) is 11.9 Å². The second-order valence-corrected chi connectivity index (χ2v) is 4.31. The highest BCUT2D eigenvalue weighted by atomic mass is 16.4. The number of aliphatic carboxylic acids is 1. The topological polar surface area (TPSA) is 105 Å². The van der Waals surface area contributed by atoms with Crippen LogP contribution in [-0.4, -0.2) is 42.9 Å². The molecule has 0 spiro atoms. The first-order valence-corrected chi connectivity index (χ1v) is 5.60. The Morgan fingerprint density at radius 2 is 2.28 bits per heavy atom. The van der Waals surface area contributed by atoms with Crippen LogP contribution in [0.25, 0.3) is 5.65 Å². The van der Waals surface area contributed by atoms with Crippen molar-refractivity contribution in [2.24, 2.45) is 11.8 Å². The van der Waals surface area contributed by atoms with Crippen LogP contribution in [0.2, 0.25) is 0 Å². The van der Waals surface area contributed by atoms with Crippen molar-refractivity contribution in [1.29, 1.82) is 0 Å². The van der Waals surface area contributed by atoms with Gasteiger partial charge < -0.3 is 10.4 Å². The molecule has 96 valence electrons. The summed E-state index contributed by atoms with van der Waals surface area (Å²) in [6, 6.07) is 3.42. The molecule has 0 aromatic carbocycles. The number of nitrogens with zero attached hydrogens (tertiary/aromatic N) is 5. The lowest BCUT2D eigenvalue weighted by molar-refractivity contribution is -0.142. The predicted molar refractivity (Wildman–Crippen MR) is 63.0 cm³/mol. The molecule has 0 saturated heterocycles. The molecule has 2 aromatic heterocycles. The highest BCUT2D eigenvalue weighted by Crippen LogP contribution is 2.12. The average Bonchev–Trinajstić information content (AvgIpc) is 2.75. The van der Waals surface area contributed by atoms with Gasteiger partial charge in [-0.2, -0.15) is 0 Å². The molecule has 0 fully saturated rings. The number of aromatic nitrogens is 5. The fourth-order valence-electron chi connectivity index (χ4n) is 1.57. The first-order valence-electron chi connectivity index (χ1n) is 5.60. The molecule has 1 atom stereocenters. The molecule has 0 aliphatic rings. The van der Waals surface area contributed by atoms with Crippen molar-refractivity contribution in [3.05, 3.63) is 12.1 Å². The highest BCUT2D eigenvalue weighted by molar-refractivity contribution is 5.71. The van der Waals surface area contributed by atoms with Crippen molar-refractivity contribution in [3.63, 3.8) is 0 Å². The molecule has 2 heterocycles. The Bertz CT molecular complexity index is 552. The Kier molecular flexibility index (Phi) is 3.35. The fourth-order valence-corrected chi connectivity index (χ4v) is 1.57. The number of tetrazole rings is 1. The molecule has 18 heavy (non-hydrogen) atoms. The van der Waals surface area contributed by atoms with Gasteiger partial charge in [0.25, 0.3) is 0 Å². The van der Waals surface area contributed by atoms with Gasteiger partial charge in [0.05, 0.1) is 5.92 Å². The van der Waals surface area contributed by atoms with Gasteiger partial charge in [-0.1, -0.05) is 13.8 Å². The number of nitrogens with one attached hydrogen (secondary N) is 1. The summed E-state index contributed by atoms with van der Waals surface area (Å²) >= 11 is 0. The SMILES string of the molecule is CC(C)C(CNc1ccc2nnnn2n1)C(=O)O. The van der Waals surface area contributed by atoms with Gasteiger partial charge in [0.15, 0.2) is 5.65 Å². The minimum Gasteiger partial charge on any atom is -0.481 e. The third-order valence-corrected chi connectivity index (χ3v) is 2.69. The molecule has 0 saturated carbocycles. The lowest BCUT2D eigenvalue weighted by Crippen LogP contribution is -2.27. The zero-order valence-electron chi connectivity index (χ0n) is 10.1. The summed E-state index contributed by atoms with van der Waals surface area (Å²) in [5.74, 6) is -0.689. The van der Waals surface area contributed by atoms with E-state index in [1.807, 2.05) is 13.8 Å². The number of fused-ring (bicyclic) bond motifs is 1. The summed E-state index contributed by atoms with van der Waals surface area (Å²) in [5, 5.41) is 27.0. The number of carboxylic acid groups (broad SMARTS) is 1. The van der Waals surface area contributed by atoms with Crippen LogP contribution in [0.5, 0.6) is 0 Å². The van der Waals surface area contributed by atoms with Crippen LogP contribution in [-0.2, 0) is 4.79 Å². The Morgan fingerprint density at radius 1 is 1.50 bits per heavy atom. The van der Waals surface area contributed by atoms with Crippen molar-refractivity contribution in [3.8, 4) is 0 Å². The van der Waals surface area contributed by atoms with Gasteiger partial charge in [0.1, 0.15) is 5.82 Å². The number of carboxylic acids is 1. The maximum atomic E-state index is 11.0. The van der Waals surface area contributed by atoms with E-state index in [-0.39, 0.29) is 5.92 Å². The van der Waals surface area contributed by atoms with E-state index in [2.05, 4.69) is 25.9 Å². The van der Waals surface area contributed by atoms with Gasteiger partial charge in [-0.05, 0) is 28.5 Å². The number of hydrogen-bond acceptors (Lipinski definition) is 6. The maximum Gasteiger partial charge on any atom is 0.308 e. The zero-order valence-corrected chi connectivity index (χ0v) is 10.1. The van der Waals surface area contributed by atoms with Gasteiger partial charge in [-0.15, -0.1) is 14.8 Å². The summed E-state index contributed by atoms with van der Waals surface area (Å²) < 4.78 is 1.29. The maximum absolute atomic E-state index is 11.0. The Balaban J connectivity index is 2.06. The Hall–Kier alpha value is -2.25. The quantitative estimate of drug-likeness (QED) is 0.785. The molecule has 1 unspecified atom stereocenters.